The lowest BCUT2D eigenvalue weighted by atomic mass is 9.55. The Hall–Kier alpha value is -0.610. The fraction of sp³-hybridized carbons (Fsp3) is 0.923. The Morgan fingerprint density at radius 3 is 2.71 bits per heavy atom. The molecule has 98 valence electrons. The molecule has 0 aromatic rings. The summed E-state index contributed by atoms with van der Waals surface area (Å²) in [6, 6.07) is 0.287. The zero-order chi connectivity index (χ0) is 12.3. The molecule has 2 rings (SSSR count). The number of amides is 1. The lowest BCUT2D eigenvalue weighted by molar-refractivity contribution is -0.156. The number of nitrogens with two attached hydrogens (primary N) is 1. The average Bonchev–Trinajstić information content (AvgIpc) is 2.38. The predicted octanol–water partition coefficient (Wildman–Crippen LogP) is 1.19. The summed E-state index contributed by atoms with van der Waals surface area (Å²) in [7, 11) is 0. The van der Waals surface area contributed by atoms with Crippen molar-refractivity contribution in [3.05, 3.63) is 0 Å². The first-order valence-corrected chi connectivity index (χ1v) is 6.84. The number of hydrogen-bond acceptors (Lipinski definition) is 3. The predicted molar refractivity (Wildman–Crippen MR) is 66.5 cm³/mol. The number of rotatable bonds is 4. The van der Waals surface area contributed by atoms with Crippen LogP contribution in [-0.2, 0) is 9.53 Å². The Bertz CT molecular complexity index is 275. The summed E-state index contributed by atoms with van der Waals surface area (Å²) in [5, 5.41) is 3.07. The Morgan fingerprint density at radius 2 is 2.12 bits per heavy atom. The van der Waals surface area contributed by atoms with E-state index in [0.29, 0.717) is 6.10 Å². The SMILES string of the molecule is CCOC1CC(NC(=O)CN)C12CCCCC2. The van der Waals surface area contributed by atoms with Gasteiger partial charge in [-0.05, 0) is 26.2 Å². The highest BCUT2D eigenvalue weighted by molar-refractivity contribution is 5.78. The molecule has 1 amide bonds. The van der Waals surface area contributed by atoms with Gasteiger partial charge < -0.3 is 15.8 Å². The Labute approximate surface area is 103 Å². The number of hydrogen-bond donors (Lipinski definition) is 2. The third-order valence-electron chi connectivity index (χ3n) is 4.46. The van der Waals surface area contributed by atoms with E-state index in [1.807, 2.05) is 6.92 Å². The van der Waals surface area contributed by atoms with Gasteiger partial charge in [0.2, 0.25) is 5.91 Å². The second kappa shape index (κ2) is 5.36. The van der Waals surface area contributed by atoms with Crippen molar-refractivity contribution in [1.29, 1.82) is 0 Å². The molecule has 0 aromatic carbocycles. The first-order chi connectivity index (χ1) is 8.23. The first-order valence-electron chi connectivity index (χ1n) is 6.84. The molecule has 4 heteroatoms. The standard InChI is InChI=1S/C13H24N2O2/c1-2-17-11-8-10(15-12(16)9-14)13(11)6-4-3-5-7-13/h10-11H,2-9,14H2,1H3,(H,15,16). The third-order valence-corrected chi connectivity index (χ3v) is 4.46. The van der Waals surface area contributed by atoms with Crippen LogP contribution in [0.25, 0.3) is 0 Å². The highest BCUT2D eigenvalue weighted by atomic mass is 16.5. The molecule has 17 heavy (non-hydrogen) atoms. The normalized spacial score (nSPS) is 30.9. The zero-order valence-electron chi connectivity index (χ0n) is 10.7. The zero-order valence-corrected chi connectivity index (χ0v) is 10.7. The molecule has 0 heterocycles. The first kappa shape index (κ1) is 12.8. The summed E-state index contributed by atoms with van der Waals surface area (Å²) < 4.78 is 5.83. The highest BCUT2D eigenvalue weighted by Gasteiger charge is 2.55. The maximum atomic E-state index is 11.4. The van der Waals surface area contributed by atoms with Crippen molar-refractivity contribution in [3.63, 3.8) is 0 Å². The number of nitrogens with one attached hydrogen (secondary N) is 1. The van der Waals surface area contributed by atoms with Crippen LogP contribution in [0, 0.1) is 5.41 Å². The number of ether oxygens (including phenoxy) is 1. The number of carbonyl (C=O) groups is 1. The van der Waals surface area contributed by atoms with Crippen molar-refractivity contribution < 1.29 is 9.53 Å². The lowest BCUT2D eigenvalue weighted by Crippen LogP contribution is -2.65. The molecule has 2 unspecified atom stereocenters. The van der Waals surface area contributed by atoms with Crippen molar-refractivity contribution in [3.8, 4) is 0 Å². The monoisotopic (exact) mass is 240 g/mol. The van der Waals surface area contributed by atoms with Gasteiger partial charge in [-0.1, -0.05) is 19.3 Å². The molecule has 3 N–H and O–H groups in total. The van der Waals surface area contributed by atoms with Gasteiger partial charge in [0.25, 0.3) is 0 Å². The van der Waals surface area contributed by atoms with Crippen LogP contribution in [0.4, 0.5) is 0 Å². The summed E-state index contributed by atoms with van der Waals surface area (Å²) in [6.07, 6.45) is 7.52. The molecule has 2 fully saturated rings. The Balaban J connectivity index is 2.00. The van der Waals surface area contributed by atoms with Crippen LogP contribution < -0.4 is 11.1 Å². The van der Waals surface area contributed by atoms with E-state index in [2.05, 4.69) is 5.32 Å². The molecule has 1 spiro atoms. The molecule has 0 saturated heterocycles. The third kappa shape index (κ3) is 2.33. The quantitative estimate of drug-likeness (QED) is 0.776. The lowest BCUT2D eigenvalue weighted by Gasteiger charge is -2.57. The van der Waals surface area contributed by atoms with Crippen molar-refractivity contribution in [2.45, 2.75) is 57.6 Å². The molecular formula is C13H24N2O2. The van der Waals surface area contributed by atoms with Gasteiger partial charge >= 0.3 is 0 Å². The summed E-state index contributed by atoms with van der Waals surface area (Å²) >= 11 is 0. The molecule has 2 aliphatic carbocycles. The summed E-state index contributed by atoms with van der Waals surface area (Å²) in [4.78, 5) is 11.4. The van der Waals surface area contributed by atoms with Crippen LogP contribution in [0.1, 0.15) is 45.4 Å². The molecule has 0 bridgehead atoms. The maximum Gasteiger partial charge on any atom is 0.233 e. The van der Waals surface area contributed by atoms with Gasteiger partial charge in [-0.3, -0.25) is 4.79 Å². The summed E-state index contributed by atoms with van der Waals surface area (Å²) in [5.74, 6) is -0.0325. The van der Waals surface area contributed by atoms with E-state index in [9.17, 15) is 4.79 Å². The van der Waals surface area contributed by atoms with E-state index >= 15 is 0 Å². The van der Waals surface area contributed by atoms with Crippen molar-refractivity contribution >= 4 is 5.91 Å². The van der Waals surface area contributed by atoms with Crippen LogP contribution >= 0.6 is 0 Å². The van der Waals surface area contributed by atoms with Gasteiger partial charge in [0.05, 0.1) is 12.6 Å². The van der Waals surface area contributed by atoms with Gasteiger partial charge in [0, 0.05) is 18.1 Å². The summed E-state index contributed by atoms with van der Waals surface area (Å²) in [5.41, 5.74) is 5.57. The molecule has 2 saturated carbocycles. The number of carbonyl (C=O) groups excluding carboxylic acids is 1. The second-order valence-electron chi connectivity index (χ2n) is 5.30. The van der Waals surface area contributed by atoms with Crippen LogP contribution in [0.15, 0.2) is 0 Å². The van der Waals surface area contributed by atoms with Gasteiger partial charge in [-0.15, -0.1) is 0 Å². The van der Waals surface area contributed by atoms with Crippen LogP contribution in [-0.4, -0.2) is 31.2 Å². The minimum atomic E-state index is -0.0325. The Kier molecular flexibility index (Phi) is 4.05. The smallest absolute Gasteiger partial charge is 0.233 e. The fourth-order valence-corrected chi connectivity index (χ4v) is 3.52. The van der Waals surface area contributed by atoms with E-state index < -0.39 is 0 Å². The van der Waals surface area contributed by atoms with Gasteiger partial charge in [-0.25, -0.2) is 0 Å². The van der Waals surface area contributed by atoms with Gasteiger partial charge in [0.15, 0.2) is 0 Å². The second-order valence-corrected chi connectivity index (χ2v) is 5.30. The van der Waals surface area contributed by atoms with E-state index in [-0.39, 0.29) is 23.9 Å². The van der Waals surface area contributed by atoms with E-state index in [1.54, 1.807) is 0 Å². The average molecular weight is 240 g/mol. The molecule has 2 atom stereocenters. The maximum absolute atomic E-state index is 11.4. The summed E-state index contributed by atoms with van der Waals surface area (Å²) in [6.45, 7) is 2.90. The van der Waals surface area contributed by atoms with Crippen molar-refractivity contribution in [2.75, 3.05) is 13.2 Å². The van der Waals surface area contributed by atoms with Crippen LogP contribution in [0.5, 0.6) is 0 Å². The van der Waals surface area contributed by atoms with Crippen molar-refractivity contribution in [1.82, 2.24) is 5.32 Å². The minimum absolute atomic E-state index is 0.0325. The van der Waals surface area contributed by atoms with Crippen LogP contribution in [0.2, 0.25) is 0 Å². The highest BCUT2D eigenvalue weighted by Crippen LogP contribution is 2.53. The largest absolute Gasteiger partial charge is 0.378 e. The topological polar surface area (TPSA) is 64.3 Å². The minimum Gasteiger partial charge on any atom is -0.378 e. The van der Waals surface area contributed by atoms with E-state index in [0.717, 1.165) is 13.0 Å². The molecular weight excluding hydrogens is 216 g/mol. The van der Waals surface area contributed by atoms with E-state index in [1.165, 1.54) is 32.1 Å². The molecule has 4 nitrogen and oxygen atoms in total. The van der Waals surface area contributed by atoms with Crippen molar-refractivity contribution in [2.24, 2.45) is 11.1 Å². The van der Waals surface area contributed by atoms with Crippen LogP contribution in [0.3, 0.4) is 0 Å². The van der Waals surface area contributed by atoms with Gasteiger partial charge in [0.1, 0.15) is 0 Å². The molecule has 0 aromatic heterocycles. The molecule has 2 aliphatic rings. The fourth-order valence-electron chi connectivity index (χ4n) is 3.52. The van der Waals surface area contributed by atoms with E-state index in [4.69, 9.17) is 10.5 Å². The molecule has 0 radical (unpaired) electrons. The van der Waals surface area contributed by atoms with Gasteiger partial charge in [-0.2, -0.15) is 0 Å². The molecule has 0 aliphatic heterocycles. The Morgan fingerprint density at radius 1 is 1.41 bits per heavy atom.